The first-order valence-electron chi connectivity index (χ1n) is 5.53. The number of oxazole rings is 1. The Morgan fingerprint density at radius 3 is 2.71 bits per heavy atom. The molecule has 5 heteroatoms. The van der Waals surface area contributed by atoms with Crippen molar-refractivity contribution in [2.45, 2.75) is 29.9 Å². The Balaban J connectivity index is 2.20. The lowest BCUT2D eigenvalue weighted by Gasteiger charge is -2.21. The van der Waals surface area contributed by atoms with E-state index >= 15 is 0 Å². The van der Waals surface area contributed by atoms with Crippen molar-refractivity contribution in [3.8, 4) is 0 Å². The zero-order chi connectivity index (χ0) is 12.1. The van der Waals surface area contributed by atoms with E-state index < -0.39 is 0 Å². The molecule has 0 aliphatic heterocycles. The zero-order valence-electron chi connectivity index (χ0n) is 9.61. The topological polar surface area (TPSA) is 64.9 Å². The molecule has 90 valence electrons. The number of hydrogen-bond acceptors (Lipinski definition) is 5. The predicted octanol–water partition coefficient (Wildman–Crippen LogP) is 2.64. The van der Waals surface area contributed by atoms with E-state index in [1.54, 1.807) is 36.6 Å². The molecule has 17 heavy (non-hydrogen) atoms. The molecule has 0 aliphatic carbocycles. The molecule has 0 bridgehead atoms. The summed E-state index contributed by atoms with van der Waals surface area (Å²) in [5, 5.41) is 0.789. The summed E-state index contributed by atoms with van der Waals surface area (Å²) in [6, 6.07) is 4.03. The van der Waals surface area contributed by atoms with Crippen molar-refractivity contribution in [1.82, 2.24) is 9.97 Å². The lowest BCUT2D eigenvalue weighted by atomic mass is 10.1. The number of rotatable bonds is 5. The second-order valence-electron chi connectivity index (χ2n) is 3.69. The van der Waals surface area contributed by atoms with Gasteiger partial charge in [-0.05, 0) is 24.1 Å². The fraction of sp³-hybridized carbons (Fsp3) is 0.333. The van der Waals surface area contributed by atoms with Gasteiger partial charge in [0.2, 0.25) is 0 Å². The summed E-state index contributed by atoms with van der Waals surface area (Å²) in [6.45, 7) is 2.08. The second-order valence-corrected chi connectivity index (χ2v) is 4.78. The van der Waals surface area contributed by atoms with Crippen LogP contribution in [-0.4, -0.2) is 16.0 Å². The normalized spacial score (nSPS) is 14.5. The maximum absolute atomic E-state index is 6.16. The summed E-state index contributed by atoms with van der Waals surface area (Å²) in [5.74, 6) is 0. The summed E-state index contributed by atoms with van der Waals surface area (Å²) < 4.78 is 5.26. The molecule has 0 saturated heterocycles. The summed E-state index contributed by atoms with van der Waals surface area (Å²) in [7, 11) is 0. The van der Waals surface area contributed by atoms with Gasteiger partial charge in [-0.1, -0.05) is 18.7 Å². The smallest absolute Gasteiger partial charge is 0.256 e. The molecule has 2 aromatic heterocycles. The second kappa shape index (κ2) is 5.84. The van der Waals surface area contributed by atoms with Crippen molar-refractivity contribution < 1.29 is 4.42 Å². The number of aromatic nitrogens is 2. The van der Waals surface area contributed by atoms with E-state index in [4.69, 9.17) is 10.2 Å². The van der Waals surface area contributed by atoms with Gasteiger partial charge < -0.3 is 10.2 Å². The van der Waals surface area contributed by atoms with Gasteiger partial charge in [0.05, 0.1) is 11.4 Å². The Morgan fingerprint density at radius 2 is 2.12 bits per heavy atom. The average molecular weight is 249 g/mol. The number of pyridine rings is 1. The van der Waals surface area contributed by atoms with Crippen LogP contribution in [0.4, 0.5) is 0 Å². The molecule has 2 aromatic rings. The highest BCUT2D eigenvalue weighted by Gasteiger charge is 2.21. The molecular weight excluding hydrogens is 234 g/mol. The van der Waals surface area contributed by atoms with Gasteiger partial charge in [-0.15, -0.1) is 0 Å². The quantitative estimate of drug-likeness (QED) is 0.825. The summed E-state index contributed by atoms with van der Waals surface area (Å²) in [6.07, 6.45) is 7.68. The van der Waals surface area contributed by atoms with Crippen molar-refractivity contribution >= 4 is 11.8 Å². The summed E-state index contributed by atoms with van der Waals surface area (Å²) in [4.78, 5) is 8.14. The Labute approximate surface area is 105 Å². The van der Waals surface area contributed by atoms with E-state index in [0.29, 0.717) is 5.22 Å². The molecule has 0 aliphatic rings. The number of hydrogen-bond donors (Lipinski definition) is 1. The van der Waals surface area contributed by atoms with Crippen LogP contribution in [0.3, 0.4) is 0 Å². The third kappa shape index (κ3) is 3.08. The van der Waals surface area contributed by atoms with Crippen molar-refractivity contribution in [3.05, 3.63) is 42.5 Å². The molecule has 0 aromatic carbocycles. The first-order chi connectivity index (χ1) is 8.31. The number of thioether (sulfide) groups is 1. The van der Waals surface area contributed by atoms with Crippen LogP contribution >= 0.6 is 11.8 Å². The van der Waals surface area contributed by atoms with Crippen LogP contribution in [0.2, 0.25) is 0 Å². The predicted molar refractivity (Wildman–Crippen MR) is 67.6 cm³/mol. The van der Waals surface area contributed by atoms with Gasteiger partial charge in [0.25, 0.3) is 5.22 Å². The van der Waals surface area contributed by atoms with E-state index in [2.05, 4.69) is 16.9 Å². The van der Waals surface area contributed by atoms with Gasteiger partial charge in [-0.3, -0.25) is 4.98 Å². The van der Waals surface area contributed by atoms with Crippen LogP contribution in [0, 0.1) is 0 Å². The molecule has 0 radical (unpaired) electrons. The van der Waals surface area contributed by atoms with Crippen LogP contribution in [0.15, 0.2) is 46.6 Å². The molecule has 0 amide bonds. The van der Waals surface area contributed by atoms with Gasteiger partial charge in [0.15, 0.2) is 0 Å². The highest BCUT2D eigenvalue weighted by Crippen LogP contribution is 2.36. The molecule has 2 N–H and O–H groups in total. The fourth-order valence-corrected chi connectivity index (χ4v) is 2.66. The average Bonchev–Trinajstić information content (AvgIpc) is 2.89. The van der Waals surface area contributed by atoms with E-state index in [1.807, 2.05) is 12.1 Å². The van der Waals surface area contributed by atoms with Crippen molar-refractivity contribution in [1.29, 1.82) is 0 Å². The van der Waals surface area contributed by atoms with Gasteiger partial charge in [0, 0.05) is 18.4 Å². The number of nitrogens with two attached hydrogens (primary N) is 1. The van der Waals surface area contributed by atoms with Crippen LogP contribution in [0.25, 0.3) is 0 Å². The molecule has 2 unspecified atom stereocenters. The fourth-order valence-electron chi connectivity index (χ4n) is 1.55. The van der Waals surface area contributed by atoms with Crippen LogP contribution in [0.5, 0.6) is 0 Å². The maximum atomic E-state index is 6.16. The summed E-state index contributed by atoms with van der Waals surface area (Å²) >= 11 is 1.55. The molecule has 2 heterocycles. The third-order valence-corrected chi connectivity index (χ3v) is 3.81. The first-order valence-corrected chi connectivity index (χ1v) is 6.41. The van der Waals surface area contributed by atoms with Gasteiger partial charge in [0.1, 0.15) is 6.26 Å². The number of nitrogens with zero attached hydrogens (tertiary/aromatic N) is 2. The molecule has 0 saturated carbocycles. The lowest BCUT2D eigenvalue weighted by Crippen LogP contribution is -2.25. The van der Waals surface area contributed by atoms with Crippen LogP contribution < -0.4 is 5.73 Å². The first kappa shape index (κ1) is 12.1. The Morgan fingerprint density at radius 1 is 1.35 bits per heavy atom. The minimum absolute atomic E-state index is 0.0642. The van der Waals surface area contributed by atoms with Gasteiger partial charge in [-0.25, -0.2) is 4.98 Å². The molecular formula is C12H15N3OS. The largest absolute Gasteiger partial charge is 0.440 e. The summed E-state index contributed by atoms with van der Waals surface area (Å²) in [5.41, 5.74) is 7.31. The lowest BCUT2D eigenvalue weighted by molar-refractivity contribution is 0.451. The van der Waals surface area contributed by atoms with Crippen molar-refractivity contribution in [2.24, 2.45) is 5.73 Å². The molecule has 0 spiro atoms. The minimum Gasteiger partial charge on any atom is -0.440 e. The zero-order valence-corrected chi connectivity index (χ0v) is 10.4. The monoisotopic (exact) mass is 249 g/mol. The SMILES string of the molecule is CCC(N)C(Sc1ncco1)c1ccncc1. The van der Waals surface area contributed by atoms with Crippen LogP contribution in [0.1, 0.15) is 24.2 Å². The molecule has 2 rings (SSSR count). The highest BCUT2D eigenvalue weighted by atomic mass is 32.2. The Bertz CT molecular complexity index is 432. The highest BCUT2D eigenvalue weighted by molar-refractivity contribution is 7.99. The standard InChI is InChI=1S/C12H15N3OS/c1-2-10(13)11(9-3-5-14-6-4-9)17-12-15-7-8-16-12/h3-8,10-11H,2,13H2,1H3. The molecule has 0 fully saturated rings. The third-order valence-electron chi connectivity index (χ3n) is 2.53. The molecule has 2 atom stereocenters. The van der Waals surface area contributed by atoms with Crippen molar-refractivity contribution in [3.63, 3.8) is 0 Å². The minimum atomic E-state index is 0.0642. The molecule has 4 nitrogen and oxygen atoms in total. The van der Waals surface area contributed by atoms with E-state index in [1.165, 1.54) is 0 Å². The Hall–Kier alpha value is -1.33. The Kier molecular flexibility index (Phi) is 4.17. The van der Waals surface area contributed by atoms with Crippen molar-refractivity contribution in [2.75, 3.05) is 0 Å². The van der Waals surface area contributed by atoms with E-state index in [9.17, 15) is 0 Å². The van der Waals surface area contributed by atoms with Crippen LogP contribution in [-0.2, 0) is 0 Å². The maximum Gasteiger partial charge on any atom is 0.256 e. The van der Waals surface area contributed by atoms with E-state index in [0.717, 1.165) is 12.0 Å². The van der Waals surface area contributed by atoms with E-state index in [-0.39, 0.29) is 11.3 Å². The van der Waals surface area contributed by atoms with Gasteiger partial charge in [-0.2, -0.15) is 0 Å². The van der Waals surface area contributed by atoms with Gasteiger partial charge >= 0.3 is 0 Å².